The van der Waals surface area contributed by atoms with Crippen LogP contribution in [-0.2, 0) is 0 Å². The molecule has 0 amide bonds. The average Bonchev–Trinajstić information content (AvgIpc) is 2.62. The number of nitrogens with zero attached hydrogens (tertiary/aromatic N) is 3. The summed E-state index contributed by atoms with van der Waals surface area (Å²) in [6.07, 6.45) is 1.87. The number of nitrogen functional groups attached to an aromatic ring is 1. The molecule has 0 aliphatic heterocycles. The van der Waals surface area contributed by atoms with Gasteiger partial charge in [-0.2, -0.15) is 0 Å². The topological polar surface area (TPSA) is 73.8 Å². The molecule has 26 heavy (non-hydrogen) atoms. The van der Waals surface area contributed by atoms with E-state index in [9.17, 15) is 4.79 Å². The van der Waals surface area contributed by atoms with Crippen molar-refractivity contribution in [3.8, 4) is 22.5 Å². The Balaban J connectivity index is 2.30. The van der Waals surface area contributed by atoms with E-state index in [1.807, 2.05) is 56.4 Å². The van der Waals surface area contributed by atoms with E-state index in [4.69, 9.17) is 15.7 Å². The molecule has 1 aromatic carbocycles. The molecule has 2 heterocycles. The molecule has 2 aromatic heterocycles. The summed E-state index contributed by atoms with van der Waals surface area (Å²) in [4.78, 5) is 26.3. The van der Waals surface area contributed by atoms with E-state index in [0.29, 0.717) is 5.82 Å². The van der Waals surface area contributed by atoms with Gasteiger partial charge in [-0.15, -0.1) is 0 Å². The van der Waals surface area contributed by atoms with Crippen LogP contribution in [0.2, 0.25) is 9.88 Å². The number of pyridine rings is 1. The van der Waals surface area contributed by atoms with Gasteiger partial charge in [-0.25, -0.2) is 0 Å². The number of anilines is 1. The molecule has 0 fully saturated rings. The molecule has 3 aromatic rings. The van der Waals surface area contributed by atoms with E-state index >= 15 is 0 Å². The zero-order valence-corrected chi connectivity index (χ0v) is 18.9. The van der Waals surface area contributed by atoms with Gasteiger partial charge < -0.3 is 0 Å². The molecular weight excluding hydrogens is 431 g/mol. The molecule has 0 aliphatic carbocycles. The van der Waals surface area contributed by atoms with Crippen LogP contribution < -0.4 is 15.0 Å². The van der Waals surface area contributed by atoms with Gasteiger partial charge in [0, 0.05) is 0 Å². The third-order valence-electron chi connectivity index (χ3n) is 4.31. The van der Waals surface area contributed by atoms with Gasteiger partial charge in [-0.05, 0) is 0 Å². The molecule has 5 nitrogen and oxygen atoms in total. The minimum absolute atomic E-state index is 0.0170. The van der Waals surface area contributed by atoms with E-state index in [2.05, 4.69) is 9.88 Å². The Morgan fingerprint density at radius 2 is 1.62 bits per heavy atom. The van der Waals surface area contributed by atoms with Gasteiger partial charge >= 0.3 is 161 Å². The van der Waals surface area contributed by atoms with Crippen LogP contribution in [0, 0.1) is 0 Å². The van der Waals surface area contributed by atoms with Crippen LogP contribution in [0.3, 0.4) is 0 Å². The van der Waals surface area contributed by atoms with Gasteiger partial charge in [0.25, 0.3) is 0 Å². The summed E-state index contributed by atoms with van der Waals surface area (Å²) in [6, 6.07) is 13.4. The van der Waals surface area contributed by atoms with E-state index in [0.717, 1.165) is 26.2 Å². The molecule has 6 heteroatoms. The predicted molar refractivity (Wildman–Crippen MR) is 110 cm³/mol. The van der Waals surface area contributed by atoms with Crippen LogP contribution in [0.15, 0.2) is 53.5 Å². The number of hydrogen-bond acceptors (Lipinski definition) is 4. The zero-order chi connectivity index (χ0) is 18.8. The van der Waals surface area contributed by atoms with Crippen LogP contribution >= 0.6 is 0 Å². The maximum atomic E-state index is 12.1. The second kappa shape index (κ2) is 7.61. The van der Waals surface area contributed by atoms with Crippen molar-refractivity contribution in [2.75, 3.05) is 5.73 Å². The van der Waals surface area contributed by atoms with Gasteiger partial charge in [0.2, 0.25) is 0 Å². The van der Waals surface area contributed by atoms with E-state index in [1.165, 1.54) is 0 Å². The van der Waals surface area contributed by atoms with E-state index in [-0.39, 0.29) is 11.6 Å². The molecule has 0 bridgehead atoms. The van der Waals surface area contributed by atoms with Crippen molar-refractivity contribution < 1.29 is 0 Å². The van der Waals surface area contributed by atoms with Crippen LogP contribution in [-0.4, -0.2) is 34.3 Å². The minimum atomic E-state index is -1.96. The van der Waals surface area contributed by atoms with Crippen molar-refractivity contribution in [1.82, 2.24) is 14.5 Å². The van der Waals surface area contributed by atoms with Crippen LogP contribution in [0.25, 0.3) is 22.5 Å². The summed E-state index contributed by atoms with van der Waals surface area (Å²) in [7, 11) is 0. The van der Waals surface area contributed by atoms with Crippen LogP contribution in [0.4, 0.5) is 5.82 Å². The molecule has 2 N–H and O–H groups in total. The Labute approximate surface area is 160 Å². The van der Waals surface area contributed by atoms with Crippen LogP contribution in [0.5, 0.6) is 0 Å². The number of nitrogens with two attached hydrogens (primary N) is 1. The Kier molecular flexibility index (Phi) is 5.46. The Hall–Kier alpha value is -2.15. The average molecular weight is 455 g/mol. The van der Waals surface area contributed by atoms with Crippen molar-refractivity contribution in [3.63, 3.8) is 0 Å². The number of hydrogen-bond donors (Lipinski definition) is 1. The molecule has 0 saturated heterocycles. The number of rotatable bonds is 4. The van der Waals surface area contributed by atoms with Crippen molar-refractivity contribution in [2.24, 2.45) is 0 Å². The van der Waals surface area contributed by atoms with E-state index in [1.54, 1.807) is 10.6 Å². The quantitative estimate of drug-likeness (QED) is 0.615. The van der Waals surface area contributed by atoms with Gasteiger partial charge in [0.05, 0.1) is 0 Å². The summed E-state index contributed by atoms with van der Waals surface area (Å²) in [5.74, 6) is 0.538. The first-order chi connectivity index (χ1) is 12.4. The molecule has 0 spiro atoms. The molecule has 0 unspecified atom stereocenters. The molecular formula is C20H24N4OSn. The number of benzene rings is 1. The molecule has 0 saturated carbocycles. The SMILES string of the molecule is CC(C)n1cc(-c2n[c]([SnH]([CH3])[CH3])c(N)nc2-c2ccccc2)ccc1=O. The Morgan fingerprint density at radius 3 is 2.23 bits per heavy atom. The third kappa shape index (κ3) is 3.67. The second-order valence-electron chi connectivity index (χ2n) is 6.97. The Morgan fingerprint density at radius 1 is 0.962 bits per heavy atom. The summed E-state index contributed by atoms with van der Waals surface area (Å²) < 4.78 is 2.70. The fraction of sp³-hybridized carbons (Fsp3) is 0.250. The molecule has 3 rings (SSSR count). The monoisotopic (exact) mass is 456 g/mol. The van der Waals surface area contributed by atoms with Crippen molar-refractivity contribution in [2.45, 2.75) is 29.8 Å². The maximum absolute atomic E-state index is 12.1. The van der Waals surface area contributed by atoms with Gasteiger partial charge in [-0.3, -0.25) is 0 Å². The first kappa shape index (κ1) is 18.6. The summed E-state index contributed by atoms with van der Waals surface area (Å²) in [5.41, 5.74) is 9.62. The van der Waals surface area contributed by atoms with Gasteiger partial charge in [0.15, 0.2) is 0 Å². The van der Waals surface area contributed by atoms with Crippen molar-refractivity contribution in [1.29, 1.82) is 0 Å². The summed E-state index contributed by atoms with van der Waals surface area (Å²) in [6.45, 7) is 3.99. The van der Waals surface area contributed by atoms with Crippen molar-refractivity contribution in [3.05, 3.63) is 59.0 Å². The van der Waals surface area contributed by atoms with Crippen molar-refractivity contribution >= 4 is 29.3 Å². The van der Waals surface area contributed by atoms with Crippen LogP contribution in [0.1, 0.15) is 19.9 Å². The molecule has 0 aliphatic rings. The zero-order valence-electron chi connectivity index (χ0n) is 15.6. The fourth-order valence-corrected chi connectivity index (χ4v) is 5.91. The van der Waals surface area contributed by atoms with E-state index < -0.39 is 19.8 Å². The fourth-order valence-electron chi connectivity index (χ4n) is 2.93. The normalized spacial score (nSPS) is 11.3. The predicted octanol–water partition coefficient (Wildman–Crippen LogP) is 2.83. The Bertz CT molecular complexity index is 981. The first-order valence-electron chi connectivity index (χ1n) is 8.84. The van der Waals surface area contributed by atoms with Gasteiger partial charge in [-0.1, -0.05) is 0 Å². The second-order valence-corrected chi connectivity index (χ2v) is 15.1. The molecule has 0 radical (unpaired) electrons. The molecule has 134 valence electrons. The van der Waals surface area contributed by atoms with Gasteiger partial charge in [0.1, 0.15) is 0 Å². The summed E-state index contributed by atoms with van der Waals surface area (Å²) >= 11 is -1.96. The first-order valence-corrected chi connectivity index (χ1v) is 17.1. The standard InChI is InChI=1S/C18H17N4O.2CH3.Sn.H/c1-12(2)22-11-14(8-9-16(22)23)17-18(21-15(19)10-20-17)13-6-4-3-5-7-13;;;;/h3-9,11-12H,1-2H3,(H2,19,21);2*1H3;;. The number of aromatic nitrogens is 3. The molecule has 0 atom stereocenters. The summed E-state index contributed by atoms with van der Waals surface area (Å²) in [5, 5.41) is 0. The third-order valence-corrected chi connectivity index (χ3v) is 8.65.